The molecular formula is C19H15NO2. The Morgan fingerprint density at radius 2 is 1.82 bits per heavy atom. The predicted molar refractivity (Wildman–Crippen MR) is 85.8 cm³/mol. The second kappa shape index (κ2) is 6.68. The average Bonchev–Trinajstić information content (AvgIpc) is 2.61. The second-order valence-corrected chi connectivity index (χ2v) is 4.89. The number of hydrogen-bond acceptors (Lipinski definition) is 3. The van der Waals surface area contributed by atoms with Crippen molar-refractivity contribution in [2.45, 2.75) is 6.61 Å². The Bertz CT molecular complexity index is 755. The zero-order valence-corrected chi connectivity index (χ0v) is 12.0. The monoisotopic (exact) mass is 289 g/mol. The van der Waals surface area contributed by atoms with Gasteiger partial charge in [0.1, 0.15) is 12.4 Å². The van der Waals surface area contributed by atoms with Crippen molar-refractivity contribution < 1.29 is 9.53 Å². The summed E-state index contributed by atoms with van der Waals surface area (Å²) in [5.41, 5.74) is 3.52. The summed E-state index contributed by atoms with van der Waals surface area (Å²) < 4.78 is 5.76. The highest BCUT2D eigenvalue weighted by atomic mass is 16.5. The topological polar surface area (TPSA) is 39.2 Å². The molecule has 0 fully saturated rings. The fraction of sp³-hybridized carbons (Fsp3) is 0.0526. The van der Waals surface area contributed by atoms with Crippen molar-refractivity contribution in [2.24, 2.45) is 0 Å². The molecule has 3 nitrogen and oxygen atoms in total. The van der Waals surface area contributed by atoms with E-state index in [4.69, 9.17) is 4.74 Å². The zero-order chi connectivity index (χ0) is 15.2. The number of pyridine rings is 1. The number of benzene rings is 2. The molecule has 0 aliphatic heterocycles. The van der Waals surface area contributed by atoms with E-state index in [9.17, 15) is 4.79 Å². The third kappa shape index (κ3) is 3.20. The van der Waals surface area contributed by atoms with E-state index in [-0.39, 0.29) is 0 Å². The van der Waals surface area contributed by atoms with Gasteiger partial charge in [-0.25, -0.2) is 0 Å². The van der Waals surface area contributed by atoms with Crippen molar-refractivity contribution in [3.05, 3.63) is 84.2 Å². The predicted octanol–water partition coefficient (Wildman–Crippen LogP) is 4.14. The van der Waals surface area contributed by atoms with Crippen LogP contribution in [0.15, 0.2) is 73.1 Å². The van der Waals surface area contributed by atoms with Gasteiger partial charge in [-0.2, -0.15) is 0 Å². The maximum Gasteiger partial charge on any atom is 0.153 e. The van der Waals surface area contributed by atoms with Crippen LogP contribution in [0.5, 0.6) is 5.75 Å². The Hall–Kier alpha value is -2.94. The molecule has 0 saturated carbocycles. The molecule has 3 heteroatoms. The first-order valence-electron chi connectivity index (χ1n) is 7.03. The fourth-order valence-corrected chi connectivity index (χ4v) is 2.22. The standard InChI is InChI=1S/C19H15NO2/c21-13-18-11-16(17-7-4-10-20-12-17)8-9-19(18)22-14-15-5-2-1-3-6-15/h1-13H,14H2. The molecule has 0 atom stereocenters. The van der Waals surface area contributed by atoms with Gasteiger partial charge in [-0.15, -0.1) is 0 Å². The Labute approximate surface area is 129 Å². The lowest BCUT2D eigenvalue weighted by Gasteiger charge is -2.10. The lowest BCUT2D eigenvalue weighted by molar-refractivity contribution is 0.111. The highest BCUT2D eigenvalue weighted by Gasteiger charge is 2.06. The van der Waals surface area contributed by atoms with Crippen LogP contribution in [-0.2, 0) is 6.61 Å². The number of hydrogen-bond donors (Lipinski definition) is 0. The molecule has 1 heterocycles. The molecule has 0 radical (unpaired) electrons. The van der Waals surface area contributed by atoms with E-state index in [0.717, 1.165) is 23.0 Å². The van der Waals surface area contributed by atoms with Crippen molar-refractivity contribution in [2.75, 3.05) is 0 Å². The molecule has 108 valence electrons. The van der Waals surface area contributed by atoms with Crippen molar-refractivity contribution in [3.8, 4) is 16.9 Å². The van der Waals surface area contributed by atoms with Crippen molar-refractivity contribution in [1.29, 1.82) is 0 Å². The first-order valence-corrected chi connectivity index (χ1v) is 7.03. The Kier molecular flexibility index (Phi) is 4.25. The summed E-state index contributed by atoms with van der Waals surface area (Å²) in [5, 5.41) is 0. The van der Waals surface area contributed by atoms with Gasteiger partial charge < -0.3 is 4.74 Å². The molecule has 1 aromatic heterocycles. The van der Waals surface area contributed by atoms with Gasteiger partial charge in [-0.1, -0.05) is 42.5 Å². The molecule has 0 aliphatic carbocycles. The van der Waals surface area contributed by atoms with E-state index in [1.807, 2.05) is 60.7 Å². The fourth-order valence-electron chi connectivity index (χ4n) is 2.22. The van der Waals surface area contributed by atoms with E-state index in [1.54, 1.807) is 12.4 Å². The summed E-state index contributed by atoms with van der Waals surface area (Å²) in [6, 6.07) is 19.3. The van der Waals surface area contributed by atoms with Crippen LogP contribution < -0.4 is 4.74 Å². The van der Waals surface area contributed by atoms with Gasteiger partial charge in [-0.05, 0) is 29.3 Å². The van der Waals surface area contributed by atoms with E-state index in [2.05, 4.69) is 4.98 Å². The molecule has 2 aromatic carbocycles. The number of rotatable bonds is 5. The van der Waals surface area contributed by atoms with Crippen LogP contribution in [0.25, 0.3) is 11.1 Å². The maximum atomic E-state index is 11.3. The number of ether oxygens (including phenoxy) is 1. The normalized spacial score (nSPS) is 10.2. The molecule has 0 N–H and O–H groups in total. The Morgan fingerprint density at radius 3 is 2.55 bits per heavy atom. The molecular weight excluding hydrogens is 274 g/mol. The molecule has 0 bridgehead atoms. The van der Waals surface area contributed by atoms with Gasteiger partial charge >= 0.3 is 0 Å². The number of aromatic nitrogens is 1. The van der Waals surface area contributed by atoms with Gasteiger partial charge in [-0.3, -0.25) is 9.78 Å². The van der Waals surface area contributed by atoms with Gasteiger partial charge in [0.25, 0.3) is 0 Å². The van der Waals surface area contributed by atoms with Gasteiger partial charge in [0.2, 0.25) is 0 Å². The summed E-state index contributed by atoms with van der Waals surface area (Å²) in [6.45, 7) is 0.438. The molecule has 3 aromatic rings. The molecule has 0 unspecified atom stereocenters. The summed E-state index contributed by atoms with van der Waals surface area (Å²) in [6.07, 6.45) is 4.32. The van der Waals surface area contributed by atoms with E-state index < -0.39 is 0 Å². The van der Waals surface area contributed by atoms with Crippen LogP contribution in [0.2, 0.25) is 0 Å². The molecule has 22 heavy (non-hydrogen) atoms. The second-order valence-electron chi connectivity index (χ2n) is 4.89. The molecule has 0 aliphatic rings. The van der Waals surface area contributed by atoms with Crippen molar-refractivity contribution in [3.63, 3.8) is 0 Å². The van der Waals surface area contributed by atoms with Crippen LogP contribution in [-0.4, -0.2) is 11.3 Å². The third-order valence-corrected chi connectivity index (χ3v) is 3.37. The Balaban J connectivity index is 1.82. The maximum absolute atomic E-state index is 11.3. The third-order valence-electron chi connectivity index (χ3n) is 3.37. The smallest absolute Gasteiger partial charge is 0.153 e. The largest absolute Gasteiger partial charge is 0.488 e. The molecule has 0 amide bonds. The van der Waals surface area contributed by atoms with Gasteiger partial charge in [0.15, 0.2) is 6.29 Å². The van der Waals surface area contributed by atoms with E-state index in [1.165, 1.54) is 0 Å². The van der Waals surface area contributed by atoms with Crippen LogP contribution in [0.3, 0.4) is 0 Å². The SMILES string of the molecule is O=Cc1cc(-c2cccnc2)ccc1OCc1ccccc1. The lowest BCUT2D eigenvalue weighted by atomic mass is 10.0. The highest BCUT2D eigenvalue weighted by Crippen LogP contribution is 2.25. The quantitative estimate of drug-likeness (QED) is 0.663. The zero-order valence-electron chi connectivity index (χ0n) is 12.0. The average molecular weight is 289 g/mol. The summed E-state index contributed by atoms with van der Waals surface area (Å²) in [7, 11) is 0. The van der Waals surface area contributed by atoms with E-state index in [0.29, 0.717) is 17.9 Å². The number of aldehydes is 1. The minimum absolute atomic E-state index is 0.438. The van der Waals surface area contributed by atoms with Crippen LogP contribution in [0.4, 0.5) is 0 Å². The van der Waals surface area contributed by atoms with Crippen molar-refractivity contribution in [1.82, 2.24) is 4.98 Å². The molecule has 3 rings (SSSR count). The van der Waals surface area contributed by atoms with E-state index >= 15 is 0 Å². The minimum Gasteiger partial charge on any atom is -0.488 e. The molecule has 0 saturated heterocycles. The number of carbonyl (C=O) groups is 1. The first kappa shape index (κ1) is 14.0. The Morgan fingerprint density at radius 1 is 0.955 bits per heavy atom. The van der Waals surface area contributed by atoms with Crippen LogP contribution >= 0.6 is 0 Å². The van der Waals surface area contributed by atoms with Crippen LogP contribution in [0.1, 0.15) is 15.9 Å². The van der Waals surface area contributed by atoms with Gasteiger partial charge in [0.05, 0.1) is 5.56 Å². The van der Waals surface area contributed by atoms with Crippen LogP contribution in [0, 0.1) is 0 Å². The summed E-state index contributed by atoms with van der Waals surface area (Å²) in [5.74, 6) is 0.589. The van der Waals surface area contributed by atoms with Crippen molar-refractivity contribution >= 4 is 6.29 Å². The molecule has 0 spiro atoms. The number of carbonyl (C=O) groups excluding carboxylic acids is 1. The lowest BCUT2D eigenvalue weighted by Crippen LogP contribution is -1.98. The summed E-state index contributed by atoms with van der Waals surface area (Å²) >= 11 is 0. The first-order chi connectivity index (χ1) is 10.9. The van der Waals surface area contributed by atoms with Gasteiger partial charge in [0, 0.05) is 18.0 Å². The summed E-state index contributed by atoms with van der Waals surface area (Å²) in [4.78, 5) is 15.4. The minimum atomic E-state index is 0.438. The number of nitrogens with zero attached hydrogens (tertiary/aromatic N) is 1. The highest BCUT2D eigenvalue weighted by molar-refractivity contribution is 5.82.